The van der Waals surface area contributed by atoms with Crippen LogP contribution in [-0.4, -0.2) is 59.0 Å². The summed E-state index contributed by atoms with van der Waals surface area (Å²) in [4.78, 5) is 29.7. The number of benzene rings is 1. The number of hydrogen-bond acceptors (Lipinski definition) is 5. The van der Waals surface area contributed by atoms with Crippen molar-refractivity contribution in [2.45, 2.75) is 6.18 Å². The van der Waals surface area contributed by atoms with Gasteiger partial charge in [0.2, 0.25) is 5.90 Å². The maximum atomic E-state index is 12.8. The summed E-state index contributed by atoms with van der Waals surface area (Å²) in [5.41, 5.74) is -0.857. The van der Waals surface area contributed by atoms with E-state index in [-0.39, 0.29) is 30.2 Å². The highest BCUT2D eigenvalue weighted by molar-refractivity contribution is 6.11. The Morgan fingerprint density at radius 1 is 1.23 bits per heavy atom. The van der Waals surface area contributed by atoms with Crippen LogP contribution in [0.1, 0.15) is 11.1 Å². The predicted molar refractivity (Wildman–Crippen MR) is 83.3 cm³/mol. The zero-order valence-electron chi connectivity index (χ0n) is 13.4. The molecule has 0 atom stereocenters. The first-order valence-corrected chi connectivity index (χ1v) is 7.66. The van der Waals surface area contributed by atoms with Crippen molar-refractivity contribution in [3.8, 4) is 0 Å². The molecule has 2 aliphatic heterocycles. The molecule has 2 heterocycles. The number of esters is 1. The average Bonchev–Trinajstić information content (AvgIpc) is 2.95. The minimum absolute atomic E-state index is 0.0406. The van der Waals surface area contributed by atoms with Gasteiger partial charge in [0.25, 0.3) is 0 Å². The van der Waals surface area contributed by atoms with Gasteiger partial charge in [0.15, 0.2) is 5.70 Å². The number of nitrogens with zero attached hydrogens (tertiary/aromatic N) is 3. The van der Waals surface area contributed by atoms with Crippen molar-refractivity contribution in [1.29, 1.82) is 0 Å². The van der Waals surface area contributed by atoms with Crippen LogP contribution in [0, 0.1) is 0 Å². The van der Waals surface area contributed by atoms with E-state index in [0.717, 1.165) is 12.1 Å². The molecule has 1 aromatic rings. The Bertz CT molecular complexity index is 796. The molecule has 0 aromatic heterocycles. The number of piperazine rings is 1. The van der Waals surface area contributed by atoms with Crippen LogP contribution in [0.25, 0.3) is 0 Å². The molecule has 138 valence electrons. The SMILES string of the molecule is O=C1OC(c2cccc(C(F)(F)F)c2)=N/C1=C/N1CCN(C(=O)O)CC1. The average molecular weight is 369 g/mol. The van der Waals surface area contributed by atoms with Gasteiger partial charge < -0.3 is 19.6 Å². The Morgan fingerprint density at radius 2 is 1.92 bits per heavy atom. The van der Waals surface area contributed by atoms with E-state index >= 15 is 0 Å². The molecule has 10 heteroatoms. The summed E-state index contributed by atoms with van der Waals surface area (Å²) >= 11 is 0. The van der Waals surface area contributed by atoms with Gasteiger partial charge in [-0.25, -0.2) is 14.6 Å². The minimum atomic E-state index is -4.51. The van der Waals surface area contributed by atoms with E-state index in [9.17, 15) is 22.8 Å². The number of cyclic esters (lactones) is 1. The normalized spacial score (nSPS) is 19.6. The van der Waals surface area contributed by atoms with E-state index in [1.54, 1.807) is 4.90 Å². The number of carboxylic acid groups (broad SMARTS) is 1. The maximum Gasteiger partial charge on any atom is 0.416 e. The molecule has 0 saturated carbocycles. The van der Waals surface area contributed by atoms with Gasteiger partial charge in [-0.05, 0) is 18.2 Å². The van der Waals surface area contributed by atoms with Crippen molar-refractivity contribution in [1.82, 2.24) is 9.80 Å². The zero-order valence-corrected chi connectivity index (χ0v) is 13.4. The van der Waals surface area contributed by atoms with E-state index in [0.29, 0.717) is 13.1 Å². The van der Waals surface area contributed by atoms with Gasteiger partial charge >= 0.3 is 18.2 Å². The van der Waals surface area contributed by atoms with E-state index in [1.807, 2.05) is 0 Å². The molecule has 1 aromatic carbocycles. The molecule has 1 fully saturated rings. The molecule has 2 aliphatic rings. The molecule has 0 unspecified atom stereocenters. The Kier molecular flexibility index (Phi) is 4.58. The summed E-state index contributed by atoms with van der Waals surface area (Å²) in [5.74, 6) is -0.963. The van der Waals surface area contributed by atoms with Crippen molar-refractivity contribution in [3.63, 3.8) is 0 Å². The first-order chi connectivity index (χ1) is 12.2. The number of carbonyl (C=O) groups is 2. The Hall–Kier alpha value is -3.04. The lowest BCUT2D eigenvalue weighted by molar-refractivity contribution is -0.137. The number of halogens is 3. The Labute approximate surface area is 146 Å². The minimum Gasteiger partial charge on any atom is -0.465 e. The number of amides is 1. The van der Waals surface area contributed by atoms with E-state index < -0.39 is 23.8 Å². The standard InChI is InChI=1S/C16H14F3N3O4/c17-16(18,19)11-3-1-2-10(8-11)13-20-12(14(23)26-13)9-21-4-6-22(7-5-21)15(24)25/h1-3,8-9H,4-7H2,(H,24,25)/b12-9+. The molecule has 7 nitrogen and oxygen atoms in total. The number of rotatable bonds is 2. The van der Waals surface area contributed by atoms with Crippen molar-refractivity contribution in [3.05, 3.63) is 47.3 Å². The van der Waals surface area contributed by atoms with Crippen LogP contribution in [0.3, 0.4) is 0 Å². The van der Waals surface area contributed by atoms with E-state index in [1.165, 1.54) is 23.2 Å². The summed E-state index contributed by atoms with van der Waals surface area (Å²) in [6.07, 6.45) is -4.09. The third kappa shape index (κ3) is 3.79. The number of alkyl halides is 3. The lowest BCUT2D eigenvalue weighted by Gasteiger charge is -2.32. The molecule has 3 rings (SSSR count). The van der Waals surface area contributed by atoms with Gasteiger partial charge in [0.1, 0.15) is 0 Å². The summed E-state index contributed by atoms with van der Waals surface area (Å²) in [7, 11) is 0. The third-order valence-electron chi connectivity index (χ3n) is 3.95. The fourth-order valence-corrected chi connectivity index (χ4v) is 2.57. The lowest BCUT2D eigenvalue weighted by atomic mass is 10.1. The second kappa shape index (κ2) is 6.70. The molecule has 1 amide bonds. The van der Waals surface area contributed by atoms with Crippen molar-refractivity contribution < 1.29 is 32.6 Å². The monoisotopic (exact) mass is 369 g/mol. The summed E-state index contributed by atoms with van der Waals surface area (Å²) < 4.78 is 43.4. The van der Waals surface area contributed by atoms with Crippen LogP contribution < -0.4 is 0 Å². The van der Waals surface area contributed by atoms with Crippen LogP contribution >= 0.6 is 0 Å². The fraction of sp³-hybridized carbons (Fsp3) is 0.312. The van der Waals surface area contributed by atoms with Crippen LogP contribution in [0.5, 0.6) is 0 Å². The Morgan fingerprint density at radius 3 is 2.54 bits per heavy atom. The molecule has 0 bridgehead atoms. The number of aliphatic imine (C=N–C) groups is 1. The van der Waals surface area contributed by atoms with Gasteiger partial charge in [-0.2, -0.15) is 13.2 Å². The van der Waals surface area contributed by atoms with Crippen molar-refractivity contribution in [2.75, 3.05) is 26.2 Å². The van der Waals surface area contributed by atoms with E-state index in [2.05, 4.69) is 4.99 Å². The second-order valence-electron chi connectivity index (χ2n) is 5.70. The maximum absolute atomic E-state index is 12.8. The third-order valence-corrected chi connectivity index (χ3v) is 3.95. The molecule has 0 radical (unpaired) electrons. The molecule has 0 aliphatic carbocycles. The lowest BCUT2D eigenvalue weighted by Crippen LogP contribution is -2.46. The highest BCUT2D eigenvalue weighted by Gasteiger charge is 2.32. The van der Waals surface area contributed by atoms with Gasteiger partial charge in [-0.1, -0.05) is 6.07 Å². The smallest absolute Gasteiger partial charge is 0.416 e. The fourth-order valence-electron chi connectivity index (χ4n) is 2.57. The number of carbonyl (C=O) groups excluding carboxylic acids is 1. The van der Waals surface area contributed by atoms with Crippen LogP contribution in [0.2, 0.25) is 0 Å². The Balaban J connectivity index is 1.76. The van der Waals surface area contributed by atoms with Crippen LogP contribution in [0.4, 0.5) is 18.0 Å². The van der Waals surface area contributed by atoms with Gasteiger partial charge in [-0.15, -0.1) is 0 Å². The van der Waals surface area contributed by atoms with Crippen molar-refractivity contribution in [2.24, 2.45) is 4.99 Å². The molecule has 0 spiro atoms. The highest BCUT2D eigenvalue weighted by atomic mass is 19.4. The molecular weight excluding hydrogens is 355 g/mol. The van der Waals surface area contributed by atoms with E-state index in [4.69, 9.17) is 9.84 Å². The number of ether oxygens (including phenoxy) is 1. The second-order valence-corrected chi connectivity index (χ2v) is 5.70. The summed E-state index contributed by atoms with van der Waals surface area (Å²) in [6.45, 7) is 1.30. The summed E-state index contributed by atoms with van der Waals surface area (Å²) in [5, 5.41) is 8.91. The first kappa shape index (κ1) is 17.8. The van der Waals surface area contributed by atoms with Crippen molar-refractivity contribution >= 4 is 18.0 Å². The largest absolute Gasteiger partial charge is 0.465 e. The quantitative estimate of drug-likeness (QED) is 0.638. The predicted octanol–water partition coefficient (Wildman–Crippen LogP) is 2.15. The van der Waals surface area contributed by atoms with Gasteiger partial charge in [0.05, 0.1) is 5.56 Å². The molecule has 26 heavy (non-hydrogen) atoms. The molecule has 1 N–H and O–H groups in total. The van der Waals surface area contributed by atoms with Crippen LogP contribution in [-0.2, 0) is 15.7 Å². The highest BCUT2D eigenvalue weighted by Crippen LogP contribution is 2.30. The van der Waals surface area contributed by atoms with Crippen LogP contribution in [0.15, 0.2) is 41.2 Å². The number of hydrogen-bond donors (Lipinski definition) is 1. The summed E-state index contributed by atoms with van der Waals surface area (Å²) in [6, 6.07) is 4.36. The zero-order chi connectivity index (χ0) is 18.9. The molecular formula is C16H14F3N3O4. The van der Waals surface area contributed by atoms with Gasteiger partial charge in [0, 0.05) is 37.9 Å². The molecule has 1 saturated heterocycles. The van der Waals surface area contributed by atoms with Gasteiger partial charge in [-0.3, -0.25) is 0 Å². The first-order valence-electron chi connectivity index (χ1n) is 7.66. The topological polar surface area (TPSA) is 82.4 Å².